The lowest BCUT2D eigenvalue weighted by atomic mass is 9.78. The molecule has 5 bridgehead atoms. The van der Waals surface area contributed by atoms with Crippen molar-refractivity contribution >= 4 is 46.8 Å². The highest BCUT2D eigenvalue weighted by Crippen LogP contribution is 2.50. The number of fused-ring (bicyclic) bond motifs is 14. The molecule has 0 aromatic heterocycles. The van der Waals surface area contributed by atoms with Crippen molar-refractivity contribution in [2.45, 2.75) is 106 Å². The number of carbonyl (C=O) groups is 6. The Hall–Kier alpha value is -6.19. The number of benzene rings is 3. The Labute approximate surface area is 401 Å². The van der Waals surface area contributed by atoms with Crippen molar-refractivity contribution in [3.63, 3.8) is 0 Å². The number of aliphatic hydroxyl groups excluding tert-OH is 2. The number of rotatable bonds is 6. The van der Waals surface area contributed by atoms with Gasteiger partial charge in [0.05, 0.1) is 57.5 Å². The van der Waals surface area contributed by atoms with E-state index in [4.69, 9.17) is 35.3 Å². The van der Waals surface area contributed by atoms with E-state index in [1.54, 1.807) is 52.0 Å². The molecule has 0 spiro atoms. The molecular weight excluding hydrogens is 894 g/mol. The van der Waals surface area contributed by atoms with Crippen molar-refractivity contribution in [2.75, 3.05) is 7.11 Å². The van der Waals surface area contributed by atoms with Gasteiger partial charge in [0.25, 0.3) is 11.7 Å². The fraction of sp³-hybridized carbons (Fsp3) is 0.396. The number of nitrogens with one attached hydrogen (secondary N) is 1. The van der Waals surface area contributed by atoms with Crippen molar-refractivity contribution in [1.82, 2.24) is 5.32 Å². The van der Waals surface area contributed by atoms with E-state index in [0.29, 0.717) is 5.56 Å². The third kappa shape index (κ3) is 10.1. The quantitative estimate of drug-likeness (QED) is 0.159. The van der Waals surface area contributed by atoms with E-state index in [1.165, 1.54) is 65.4 Å². The minimum atomic E-state index is -2.18. The highest BCUT2D eigenvalue weighted by atomic mass is 35.5. The summed E-state index contributed by atoms with van der Waals surface area (Å²) < 4.78 is 30.0. The molecule has 14 nitrogen and oxygen atoms in total. The summed E-state index contributed by atoms with van der Waals surface area (Å²) in [5.74, 6) is -10.4. The second-order valence-corrected chi connectivity index (χ2v) is 18.6. The maximum atomic E-state index is 15.4. The molecule has 15 heteroatoms. The number of hydrogen-bond acceptors (Lipinski definition) is 13. The summed E-state index contributed by atoms with van der Waals surface area (Å²) in [6, 6.07) is 11.7. The highest BCUT2D eigenvalue weighted by Gasteiger charge is 2.53. The number of amides is 1. The average Bonchev–Trinajstić information content (AvgIpc) is 3.55. The van der Waals surface area contributed by atoms with E-state index in [1.807, 2.05) is 32.0 Å². The van der Waals surface area contributed by atoms with E-state index in [0.717, 1.165) is 11.1 Å². The Morgan fingerprint density at radius 3 is 2.15 bits per heavy atom. The number of allylic oxidation sites excluding steroid dienone is 4. The molecule has 9 unspecified atom stereocenters. The lowest BCUT2D eigenvalue weighted by Crippen LogP contribution is -2.46. The van der Waals surface area contributed by atoms with Gasteiger partial charge in [0.1, 0.15) is 17.6 Å². The van der Waals surface area contributed by atoms with Crippen LogP contribution in [0.1, 0.15) is 112 Å². The van der Waals surface area contributed by atoms with Crippen LogP contribution in [0.5, 0.6) is 11.5 Å². The predicted molar refractivity (Wildman–Crippen MR) is 253 cm³/mol. The van der Waals surface area contributed by atoms with Crippen LogP contribution in [0.25, 0.3) is 0 Å². The number of aliphatic hydroxyl groups is 2. The van der Waals surface area contributed by atoms with E-state index in [-0.39, 0.29) is 45.0 Å². The normalized spacial score (nSPS) is 26.8. The Morgan fingerprint density at radius 2 is 1.51 bits per heavy atom. The number of ketones is 3. The van der Waals surface area contributed by atoms with Gasteiger partial charge < -0.3 is 39.2 Å². The zero-order valence-corrected chi connectivity index (χ0v) is 40.8. The maximum Gasteiger partial charge on any atom is 0.345 e. The van der Waals surface area contributed by atoms with Crippen LogP contribution < -0.4 is 14.8 Å². The van der Waals surface area contributed by atoms with Gasteiger partial charge in [-0.25, -0.2) is 4.79 Å². The Balaban J connectivity index is 1.59. The van der Waals surface area contributed by atoms with Gasteiger partial charge in [-0.3, -0.25) is 24.0 Å². The molecule has 4 aliphatic rings. The standard InChI is InChI=1S/C53H58ClNO13/c1-25-21-26(2)23-34(22-25)24-36-42-46(60)40-39(45(36)59)41-49(32(8)48(40)67-52(63)35-17-12-13-18-37(35)54)68-53(10,50(41)61)65-20-19-38(64-11)29(5)47(66-33(9)56)31(7)44(58)30(6)43(57)27(3)15-14-16-28(4)51(62)55-42/h12-23,27,29-31,38,43-44,47,57-58H,24H2,1-11H3,(H,55,62). The lowest BCUT2D eigenvalue weighted by Gasteiger charge is -2.38. The molecule has 1 amide bonds. The summed E-state index contributed by atoms with van der Waals surface area (Å²) in [5.41, 5.74) is 0.694. The fourth-order valence-corrected chi connectivity index (χ4v) is 9.40. The number of halogens is 1. The van der Waals surface area contributed by atoms with E-state index < -0.39 is 112 Å². The number of hydrogen-bond donors (Lipinski definition) is 3. The molecular formula is C53H58ClNO13. The fourth-order valence-electron chi connectivity index (χ4n) is 9.19. The number of carbonyl (C=O) groups excluding carboxylic acids is 6. The number of aryl methyl sites for hydroxylation is 2. The third-order valence-electron chi connectivity index (χ3n) is 13.0. The van der Waals surface area contributed by atoms with Gasteiger partial charge in [-0.05, 0) is 51.5 Å². The van der Waals surface area contributed by atoms with Gasteiger partial charge in [-0.2, -0.15) is 0 Å². The minimum absolute atomic E-state index is 0.00850. The second-order valence-electron chi connectivity index (χ2n) is 18.2. The molecule has 3 heterocycles. The van der Waals surface area contributed by atoms with Crippen LogP contribution in [0.2, 0.25) is 5.02 Å². The number of esters is 2. The Morgan fingerprint density at radius 1 is 0.853 bits per heavy atom. The van der Waals surface area contributed by atoms with Crippen molar-refractivity contribution in [2.24, 2.45) is 23.7 Å². The average molecular weight is 952 g/mol. The predicted octanol–water partition coefficient (Wildman–Crippen LogP) is 8.03. The van der Waals surface area contributed by atoms with Gasteiger partial charge in [0, 0.05) is 67.8 Å². The smallest absolute Gasteiger partial charge is 0.345 e. The van der Waals surface area contributed by atoms with Crippen molar-refractivity contribution in [1.29, 1.82) is 0 Å². The second kappa shape index (κ2) is 20.6. The highest BCUT2D eigenvalue weighted by molar-refractivity contribution is 6.34. The molecule has 0 saturated heterocycles. The topological polar surface area (TPSA) is 201 Å². The van der Waals surface area contributed by atoms with Gasteiger partial charge in [-0.15, -0.1) is 0 Å². The van der Waals surface area contributed by atoms with Crippen LogP contribution in [0.15, 0.2) is 89.9 Å². The van der Waals surface area contributed by atoms with Crippen LogP contribution >= 0.6 is 11.6 Å². The van der Waals surface area contributed by atoms with Crippen LogP contribution in [-0.4, -0.2) is 82.7 Å². The molecule has 360 valence electrons. The van der Waals surface area contributed by atoms with Crippen LogP contribution in [0.4, 0.5) is 0 Å². The molecule has 0 fully saturated rings. The molecule has 3 N–H and O–H groups in total. The zero-order chi connectivity index (χ0) is 50.1. The van der Waals surface area contributed by atoms with Crippen molar-refractivity contribution in [3.05, 3.63) is 139 Å². The van der Waals surface area contributed by atoms with Gasteiger partial charge in [0.15, 0.2) is 5.78 Å². The molecule has 7 rings (SSSR count). The SMILES string of the molecule is COC1C=COC2(C)Oc3c(C)c(OC(=O)c4ccccc4Cl)c4c(c3C2=O)C(=O)C(Cc2cc(C)cc(C)c2)=C(NC(=O)C(C)=CC=CC(C)C(O)C(C)C(O)C(C)C(OC(C)=O)C1C)C4=O. The summed E-state index contributed by atoms with van der Waals surface area (Å²) in [6.07, 6.45) is 3.09. The minimum Gasteiger partial charge on any atom is -0.462 e. The Bertz CT molecular complexity index is 2680. The van der Waals surface area contributed by atoms with Crippen molar-refractivity contribution < 1.29 is 62.7 Å². The zero-order valence-electron chi connectivity index (χ0n) is 40.0. The molecule has 9 atom stereocenters. The summed E-state index contributed by atoms with van der Waals surface area (Å²) in [5, 5.41) is 25.8. The van der Waals surface area contributed by atoms with E-state index in [9.17, 15) is 29.4 Å². The van der Waals surface area contributed by atoms with Crippen LogP contribution in [0, 0.1) is 44.4 Å². The first-order valence-corrected chi connectivity index (χ1v) is 22.8. The maximum absolute atomic E-state index is 15.4. The summed E-state index contributed by atoms with van der Waals surface area (Å²) in [7, 11) is 1.42. The summed E-state index contributed by atoms with van der Waals surface area (Å²) >= 11 is 6.41. The van der Waals surface area contributed by atoms with Gasteiger partial charge in [0.2, 0.25) is 5.78 Å². The number of methoxy groups -OCH3 is 1. The molecule has 3 aromatic rings. The Kier molecular flexibility index (Phi) is 15.5. The summed E-state index contributed by atoms with van der Waals surface area (Å²) in [6.45, 7) is 16.1. The first kappa shape index (κ1) is 51.2. The monoisotopic (exact) mass is 951 g/mol. The van der Waals surface area contributed by atoms with Gasteiger partial charge >= 0.3 is 17.7 Å². The first-order chi connectivity index (χ1) is 32.0. The first-order valence-electron chi connectivity index (χ1n) is 22.4. The van der Waals surface area contributed by atoms with Crippen molar-refractivity contribution in [3.8, 4) is 11.5 Å². The summed E-state index contributed by atoms with van der Waals surface area (Å²) in [4.78, 5) is 86.0. The van der Waals surface area contributed by atoms with E-state index in [2.05, 4.69) is 5.32 Å². The molecule has 0 radical (unpaired) electrons. The molecule has 0 saturated carbocycles. The number of Topliss-reactive ketones (excluding diaryl/α,β-unsaturated/α-hetero) is 3. The van der Waals surface area contributed by atoms with Crippen LogP contribution in [-0.2, 0) is 30.2 Å². The van der Waals surface area contributed by atoms with Gasteiger partial charge in [-0.1, -0.05) is 99.0 Å². The molecule has 68 heavy (non-hydrogen) atoms. The molecule has 1 aliphatic carbocycles. The molecule has 3 aromatic carbocycles. The largest absolute Gasteiger partial charge is 0.462 e. The van der Waals surface area contributed by atoms with E-state index >= 15 is 9.59 Å². The lowest BCUT2D eigenvalue weighted by molar-refractivity contribution is -0.160. The number of ether oxygens (including phenoxy) is 5. The molecule has 3 aliphatic heterocycles. The van der Waals surface area contributed by atoms with Crippen LogP contribution in [0.3, 0.4) is 0 Å². The third-order valence-corrected chi connectivity index (χ3v) is 13.3.